The summed E-state index contributed by atoms with van der Waals surface area (Å²) in [5, 5.41) is 5.31. The fourth-order valence-electron chi connectivity index (χ4n) is 2.38. The maximum absolute atomic E-state index is 12.3. The van der Waals surface area contributed by atoms with Gasteiger partial charge in [-0.25, -0.2) is 13.1 Å². The van der Waals surface area contributed by atoms with Crippen LogP contribution in [-0.2, 0) is 21.3 Å². The Morgan fingerprint density at radius 1 is 1.29 bits per heavy atom. The molecule has 1 aromatic rings. The van der Waals surface area contributed by atoms with Gasteiger partial charge in [-0.05, 0) is 49.1 Å². The van der Waals surface area contributed by atoms with Crippen LogP contribution in [-0.4, -0.2) is 33.7 Å². The van der Waals surface area contributed by atoms with E-state index < -0.39 is 10.0 Å². The van der Waals surface area contributed by atoms with E-state index in [2.05, 4.69) is 10.0 Å². The Morgan fingerprint density at radius 3 is 2.86 bits per heavy atom. The summed E-state index contributed by atoms with van der Waals surface area (Å²) in [7, 11) is -3.40. The van der Waals surface area contributed by atoms with E-state index >= 15 is 0 Å². The molecule has 0 aromatic carbocycles. The average Bonchev–Trinajstić information content (AvgIpc) is 3.20. The first-order valence-corrected chi connectivity index (χ1v) is 9.92. The van der Waals surface area contributed by atoms with E-state index in [0.717, 1.165) is 38.0 Å². The van der Waals surface area contributed by atoms with Gasteiger partial charge in [-0.2, -0.15) is 0 Å². The highest BCUT2D eigenvalue weighted by atomic mass is 32.2. The standard InChI is InChI=1S/C14H22N2O3S2/c17-21(18,16-9-13-3-1-2-6-19-13)14-7-11(10-20-14)8-15-12-4-5-12/h7,10,12-13,15-16H,1-6,8-9H2. The second-order valence-corrected chi connectivity index (χ2v) is 8.67. The molecule has 2 heterocycles. The molecule has 0 bridgehead atoms. The van der Waals surface area contributed by atoms with Crippen LogP contribution in [0.5, 0.6) is 0 Å². The van der Waals surface area contributed by atoms with Gasteiger partial charge in [-0.1, -0.05) is 0 Å². The summed E-state index contributed by atoms with van der Waals surface area (Å²) in [5.41, 5.74) is 1.04. The molecule has 1 saturated heterocycles. The quantitative estimate of drug-likeness (QED) is 0.801. The SMILES string of the molecule is O=S(=O)(NCC1CCCCO1)c1cc(CNC2CC2)cs1. The highest BCUT2D eigenvalue weighted by molar-refractivity contribution is 7.91. The van der Waals surface area contributed by atoms with Gasteiger partial charge in [-0.3, -0.25) is 0 Å². The van der Waals surface area contributed by atoms with Gasteiger partial charge in [0, 0.05) is 25.7 Å². The lowest BCUT2D eigenvalue weighted by Crippen LogP contribution is -2.35. The Balaban J connectivity index is 1.53. The molecule has 1 aliphatic heterocycles. The van der Waals surface area contributed by atoms with Gasteiger partial charge in [0.25, 0.3) is 0 Å². The Kier molecular flexibility index (Phi) is 4.96. The van der Waals surface area contributed by atoms with E-state index in [1.54, 1.807) is 6.07 Å². The number of nitrogens with one attached hydrogen (secondary N) is 2. The van der Waals surface area contributed by atoms with Gasteiger partial charge < -0.3 is 10.1 Å². The Bertz CT molecular complexity index is 561. The van der Waals surface area contributed by atoms with Crippen molar-refractivity contribution in [3.63, 3.8) is 0 Å². The number of ether oxygens (including phenoxy) is 1. The number of hydrogen-bond acceptors (Lipinski definition) is 5. The number of rotatable bonds is 7. The van der Waals surface area contributed by atoms with E-state index in [9.17, 15) is 8.42 Å². The van der Waals surface area contributed by atoms with Gasteiger partial charge in [0.05, 0.1) is 6.10 Å². The summed E-state index contributed by atoms with van der Waals surface area (Å²) >= 11 is 1.28. The van der Waals surface area contributed by atoms with Crippen LogP contribution in [0.15, 0.2) is 15.7 Å². The molecule has 2 aliphatic rings. The minimum absolute atomic E-state index is 0.0180. The summed E-state index contributed by atoms with van der Waals surface area (Å²) in [6, 6.07) is 2.40. The van der Waals surface area contributed by atoms with Crippen LogP contribution in [0, 0.1) is 0 Å². The molecule has 1 aliphatic carbocycles. The maximum atomic E-state index is 12.3. The summed E-state index contributed by atoms with van der Waals surface area (Å²) < 4.78 is 33.1. The van der Waals surface area contributed by atoms with Gasteiger partial charge in [0.1, 0.15) is 4.21 Å². The summed E-state index contributed by atoms with van der Waals surface area (Å²) in [4.78, 5) is 0. The first-order valence-electron chi connectivity index (χ1n) is 7.55. The molecule has 0 spiro atoms. The second kappa shape index (κ2) is 6.75. The minimum Gasteiger partial charge on any atom is -0.377 e. The van der Waals surface area contributed by atoms with Crippen molar-refractivity contribution in [2.24, 2.45) is 0 Å². The number of hydrogen-bond donors (Lipinski definition) is 2. The average molecular weight is 330 g/mol. The lowest BCUT2D eigenvalue weighted by atomic mass is 10.1. The molecule has 2 N–H and O–H groups in total. The van der Waals surface area contributed by atoms with E-state index in [1.165, 1.54) is 24.2 Å². The van der Waals surface area contributed by atoms with Gasteiger partial charge in [0.2, 0.25) is 10.0 Å². The van der Waals surface area contributed by atoms with Crippen molar-refractivity contribution in [2.75, 3.05) is 13.2 Å². The summed E-state index contributed by atoms with van der Waals surface area (Å²) in [6.45, 7) is 1.86. The fourth-order valence-corrected chi connectivity index (χ4v) is 4.70. The molecule has 1 unspecified atom stereocenters. The van der Waals surface area contributed by atoms with E-state index in [4.69, 9.17) is 4.74 Å². The summed E-state index contributed by atoms with van der Waals surface area (Å²) in [6.07, 6.45) is 5.61. The molecule has 1 aromatic heterocycles. The molecule has 0 radical (unpaired) electrons. The molecule has 1 saturated carbocycles. The van der Waals surface area contributed by atoms with Crippen LogP contribution in [0.4, 0.5) is 0 Å². The smallest absolute Gasteiger partial charge is 0.250 e. The Hall–Kier alpha value is -0.470. The molecular formula is C14H22N2O3S2. The van der Waals surface area contributed by atoms with Crippen molar-refractivity contribution < 1.29 is 13.2 Å². The Morgan fingerprint density at radius 2 is 2.14 bits per heavy atom. The van der Waals surface area contributed by atoms with E-state index in [0.29, 0.717) is 16.8 Å². The van der Waals surface area contributed by atoms with Crippen molar-refractivity contribution in [1.29, 1.82) is 0 Å². The normalized spacial score (nSPS) is 23.3. The largest absolute Gasteiger partial charge is 0.377 e. The zero-order valence-corrected chi connectivity index (χ0v) is 13.6. The third-order valence-electron chi connectivity index (χ3n) is 3.84. The van der Waals surface area contributed by atoms with Crippen LogP contribution >= 0.6 is 11.3 Å². The number of thiophene rings is 1. The van der Waals surface area contributed by atoms with Crippen molar-refractivity contribution >= 4 is 21.4 Å². The van der Waals surface area contributed by atoms with Gasteiger partial charge in [0.15, 0.2) is 0 Å². The lowest BCUT2D eigenvalue weighted by Gasteiger charge is -2.22. The van der Waals surface area contributed by atoms with Gasteiger partial charge in [-0.15, -0.1) is 11.3 Å². The van der Waals surface area contributed by atoms with Crippen molar-refractivity contribution in [1.82, 2.24) is 10.0 Å². The fraction of sp³-hybridized carbons (Fsp3) is 0.714. The van der Waals surface area contributed by atoms with Crippen LogP contribution in [0.2, 0.25) is 0 Å². The third-order valence-corrected chi connectivity index (χ3v) is 6.75. The summed E-state index contributed by atoms with van der Waals surface area (Å²) in [5.74, 6) is 0. The van der Waals surface area contributed by atoms with Crippen LogP contribution in [0.3, 0.4) is 0 Å². The zero-order valence-electron chi connectivity index (χ0n) is 12.0. The molecule has 118 valence electrons. The van der Waals surface area contributed by atoms with Crippen LogP contribution in [0.1, 0.15) is 37.7 Å². The first kappa shape index (κ1) is 15.4. The van der Waals surface area contributed by atoms with E-state index in [1.807, 2.05) is 5.38 Å². The van der Waals surface area contributed by atoms with Crippen molar-refractivity contribution in [3.8, 4) is 0 Å². The highest BCUT2D eigenvalue weighted by Crippen LogP contribution is 2.23. The topological polar surface area (TPSA) is 67.4 Å². The van der Waals surface area contributed by atoms with Crippen molar-refractivity contribution in [2.45, 2.75) is 55.0 Å². The van der Waals surface area contributed by atoms with Gasteiger partial charge >= 0.3 is 0 Å². The number of sulfonamides is 1. The Labute approximate surface area is 130 Å². The molecule has 0 amide bonds. The van der Waals surface area contributed by atoms with Crippen molar-refractivity contribution in [3.05, 3.63) is 17.0 Å². The molecule has 5 nitrogen and oxygen atoms in total. The minimum atomic E-state index is -3.40. The molecule has 1 atom stereocenters. The zero-order chi connectivity index (χ0) is 14.7. The van der Waals surface area contributed by atoms with Crippen LogP contribution in [0.25, 0.3) is 0 Å². The third kappa shape index (κ3) is 4.50. The molecule has 3 rings (SSSR count). The van der Waals surface area contributed by atoms with Crippen LogP contribution < -0.4 is 10.0 Å². The highest BCUT2D eigenvalue weighted by Gasteiger charge is 2.22. The monoisotopic (exact) mass is 330 g/mol. The maximum Gasteiger partial charge on any atom is 0.250 e. The first-order chi connectivity index (χ1) is 10.1. The molecule has 21 heavy (non-hydrogen) atoms. The predicted molar refractivity (Wildman–Crippen MR) is 83.0 cm³/mol. The molecule has 7 heteroatoms. The second-order valence-electron chi connectivity index (χ2n) is 5.77. The molecular weight excluding hydrogens is 308 g/mol. The molecule has 2 fully saturated rings. The lowest BCUT2D eigenvalue weighted by molar-refractivity contribution is 0.0200. The predicted octanol–water partition coefficient (Wildman–Crippen LogP) is 1.85. The van der Waals surface area contributed by atoms with E-state index in [-0.39, 0.29) is 6.10 Å².